The Balaban J connectivity index is 1.58. The van der Waals surface area contributed by atoms with Gasteiger partial charge in [-0.2, -0.15) is 0 Å². The van der Waals surface area contributed by atoms with Gasteiger partial charge in [0.25, 0.3) is 0 Å². The molecule has 0 aliphatic heterocycles. The Morgan fingerprint density at radius 3 is 2.89 bits per heavy atom. The molecule has 1 aromatic rings. The van der Waals surface area contributed by atoms with Crippen molar-refractivity contribution in [3.8, 4) is 0 Å². The molecule has 0 amide bonds. The van der Waals surface area contributed by atoms with E-state index in [-0.39, 0.29) is 0 Å². The van der Waals surface area contributed by atoms with Gasteiger partial charge in [-0.15, -0.1) is 11.3 Å². The molecule has 18 heavy (non-hydrogen) atoms. The second kappa shape index (κ2) is 7.07. The molecule has 3 N–H and O–H groups in total. The lowest BCUT2D eigenvalue weighted by Gasteiger charge is -2.26. The van der Waals surface area contributed by atoms with Crippen LogP contribution in [0, 0.1) is 0 Å². The molecule has 0 bridgehead atoms. The zero-order valence-corrected chi connectivity index (χ0v) is 11.8. The summed E-state index contributed by atoms with van der Waals surface area (Å²) < 4.78 is 5.84. The molecule has 1 aromatic heterocycles. The Kier molecular flexibility index (Phi) is 5.41. The molecule has 1 aliphatic rings. The third kappa shape index (κ3) is 4.23. The lowest BCUT2D eigenvalue weighted by Crippen LogP contribution is -2.31. The van der Waals surface area contributed by atoms with Crippen LogP contribution in [0.15, 0.2) is 5.38 Å². The molecule has 1 fully saturated rings. The van der Waals surface area contributed by atoms with Crippen LogP contribution < -0.4 is 11.1 Å². The van der Waals surface area contributed by atoms with E-state index in [0.29, 0.717) is 12.1 Å². The molecule has 0 aromatic carbocycles. The van der Waals surface area contributed by atoms with E-state index in [0.717, 1.165) is 56.1 Å². The molecule has 0 spiro atoms. The van der Waals surface area contributed by atoms with E-state index in [2.05, 4.69) is 22.6 Å². The highest BCUT2D eigenvalue weighted by molar-refractivity contribution is 7.13. The van der Waals surface area contributed by atoms with Crippen LogP contribution in [-0.4, -0.2) is 30.3 Å². The van der Waals surface area contributed by atoms with Crippen LogP contribution in [0.3, 0.4) is 0 Å². The Morgan fingerprint density at radius 2 is 2.22 bits per heavy atom. The SMILES string of the molecule is CCc1csc(NCCOC2CCC(N)CC2)n1. The van der Waals surface area contributed by atoms with Crippen molar-refractivity contribution < 1.29 is 4.74 Å². The van der Waals surface area contributed by atoms with Crippen molar-refractivity contribution in [2.45, 2.75) is 51.2 Å². The summed E-state index contributed by atoms with van der Waals surface area (Å²) in [7, 11) is 0. The number of rotatable bonds is 6. The van der Waals surface area contributed by atoms with E-state index in [1.807, 2.05) is 0 Å². The maximum Gasteiger partial charge on any atom is 0.182 e. The zero-order valence-electron chi connectivity index (χ0n) is 11.0. The summed E-state index contributed by atoms with van der Waals surface area (Å²) in [5.74, 6) is 0. The van der Waals surface area contributed by atoms with Crippen molar-refractivity contribution in [3.63, 3.8) is 0 Å². The van der Waals surface area contributed by atoms with E-state index in [9.17, 15) is 0 Å². The Labute approximate surface area is 113 Å². The van der Waals surface area contributed by atoms with E-state index >= 15 is 0 Å². The second-order valence-electron chi connectivity index (χ2n) is 4.83. The fourth-order valence-corrected chi connectivity index (χ4v) is 3.01. The minimum absolute atomic E-state index is 0.394. The maximum atomic E-state index is 5.87. The molecule has 4 nitrogen and oxygen atoms in total. The topological polar surface area (TPSA) is 60.2 Å². The molecule has 0 unspecified atom stereocenters. The summed E-state index contributed by atoms with van der Waals surface area (Å²) in [4.78, 5) is 4.46. The third-order valence-corrected chi connectivity index (χ3v) is 4.21. The number of nitrogens with one attached hydrogen (secondary N) is 1. The molecule has 1 saturated carbocycles. The number of anilines is 1. The van der Waals surface area contributed by atoms with Gasteiger partial charge in [-0.1, -0.05) is 6.92 Å². The van der Waals surface area contributed by atoms with Gasteiger partial charge in [0.2, 0.25) is 0 Å². The van der Waals surface area contributed by atoms with Gasteiger partial charge in [-0.05, 0) is 32.1 Å². The first-order valence-electron chi connectivity index (χ1n) is 6.83. The van der Waals surface area contributed by atoms with E-state index in [1.165, 1.54) is 0 Å². The summed E-state index contributed by atoms with van der Waals surface area (Å²) in [5.41, 5.74) is 7.03. The van der Waals surface area contributed by atoms with Gasteiger partial charge < -0.3 is 15.8 Å². The quantitative estimate of drug-likeness (QED) is 0.779. The number of aryl methyl sites for hydroxylation is 1. The predicted molar refractivity (Wildman–Crippen MR) is 76.2 cm³/mol. The Morgan fingerprint density at radius 1 is 1.44 bits per heavy atom. The average Bonchev–Trinajstić information content (AvgIpc) is 2.85. The Bertz CT molecular complexity index is 348. The van der Waals surface area contributed by atoms with Crippen LogP contribution in [0.4, 0.5) is 5.13 Å². The molecule has 0 saturated heterocycles. The molecule has 0 atom stereocenters. The fraction of sp³-hybridized carbons (Fsp3) is 0.769. The van der Waals surface area contributed by atoms with Crippen molar-refractivity contribution >= 4 is 16.5 Å². The number of thiazole rings is 1. The van der Waals surface area contributed by atoms with Gasteiger partial charge >= 0.3 is 0 Å². The number of hydrogen-bond donors (Lipinski definition) is 2. The minimum Gasteiger partial charge on any atom is -0.376 e. The Hall–Kier alpha value is -0.650. The highest BCUT2D eigenvalue weighted by Crippen LogP contribution is 2.20. The first kappa shape index (κ1) is 13.8. The minimum atomic E-state index is 0.394. The van der Waals surface area contributed by atoms with Crippen molar-refractivity contribution in [1.29, 1.82) is 0 Å². The van der Waals surface area contributed by atoms with Crippen LogP contribution in [0.1, 0.15) is 38.3 Å². The number of nitrogens with zero attached hydrogens (tertiary/aromatic N) is 1. The highest BCUT2D eigenvalue weighted by Gasteiger charge is 2.18. The van der Waals surface area contributed by atoms with Crippen LogP contribution in [-0.2, 0) is 11.2 Å². The summed E-state index contributed by atoms with van der Waals surface area (Å²) >= 11 is 1.67. The standard InChI is InChI=1S/C13H23N3OS/c1-2-11-9-18-13(16-11)15-7-8-17-12-5-3-10(14)4-6-12/h9-10,12H,2-8,14H2,1H3,(H,15,16). The zero-order chi connectivity index (χ0) is 12.8. The lowest BCUT2D eigenvalue weighted by atomic mass is 9.94. The van der Waals surface area contributed by atoms with Crippen LogP contribution in [0.2, 0.25) is 0 Å². The van der Waals surface area contributed by atoms with Gasteiger partial charge in [0.1, 0.15) is 0 Å². The smallest absolute Gasteiger partial charge is 0.182 e. The van der Waals surface area contributed by atoms with Gasteiger partial charge in [0.05, 0.1) is 18.4 Å². The second-order valence-corrected chi connectivity index (χ2v) is 5.69. The largest absolute Gasteiger partial charge is 0.376 e. The maximum absolute atomic E-state index is 5.87. The first-order chi connectivity index (χ1) is 8.78. The molecule has 1 heterocycles. The molecular formula is C13H23N3OS. The number of aromatic nitrogens is 1. The first-order valence-corrected chi connectivity index (χ1v) is 7.71. The van der Waals surface area contributed by atoms with E-state index in [1.54, 1.807) is 11.3 Å². The van der Waals surface area contributed by atoms with Crippen LogP contribution in [0.25, 0.3) is 0 Å². The van der Waals surface area contributed by atoms with E-state index < -0.39 is 0 Å². The summed E-state index contributed by atoms with van der Waals surface area (Å²) in [6.07, 6.45) is 5.83. The van der Waals surface area contributed by atoms with Gasteiger partial charge in [0.15, 0.2) is 5.13 Å². The monoisotopic (exact) mass is 269 g/mol. The molecule has 5 heteroatoms. The number of ether oxygens (including phenoxy) is 1. The van der Waals surface area contributed by atoms with Crippen molar-refractivity contribution in [2.75, 3.05) is 18.5 Å². The third-order valence-electron chi connectivity index (χ3n) is 3.36. The fourth-order valence-electron chi connectivity index (χ4n) is 2.19. The number of nitrogens with two attached hydrogens (primary N) is 1. The summed E-state index contributed by atoms with van der Waals surface area (Å²) in [5, 5.41) is 6.41. The molecule has 0 radical (unpaired) electrons. The van der Waals surface area contributed by atoms with Crippen molar-refractivity contribution in [1.82, 2.24) is 4.98 Å². The summed E-state index contributed by atoms with van der Waals surface area (Å²) in [6.45, 7) is 3.70. The van der Waals surface area contributed by atoms with Crippen LogP contribution >= 0.6 is 11.3 Å². The van der Waals surface area contributed by atoms with Crippen molar-refractivity contribution in [3.05, 3.63) is 11.1 Å². The average molecular weight is 269 g/mol. The van der Waals surface area contributed by atoms with Gasteiger partial charge in [-0.25, -0.2) is 4.98 Å². The molecule has 2 rings (SSSR count). The lowest BCUT2D eigenvalue weighted by molar-refractivity contribution is 0.0313. The van der Waals surface area contributed by atoms with E-state index in [4.69, 9.17) is 10.5 Å². The van der Waals surface area contributed by atoms with Crippen molar-refractivity contribution in [2.24, 2.45) is 5.73 Å². The normalized spacial score (nSPS) is 24.1. The molecular weight excluding hydrogens is 246 g/mol. The van der Waals surface area contributed by atoms with Gasteiger partial charge in [-0.3, -0.25) is 0 Å². The van der Waals surface area contributed by atoms with Gasteiger partial charge in [0, 0.05) is 18.0 Å². The molecule has 102 valence electrons. The highest BCUT2D eigenvalue weighted by atomic mass is 32.1. The summed E-state index contributed by atoms with van der Waals surface area (Å²) in [6, 6.07) is 0.394. The predicted octanol–water partition coefficient (Wildman–Crippen LogP) is 2.40. The van der Waals surface area contributed by atoms with Crippen LogP contribution in [0.5, 0.6) is 0 Å². The molecule has 1 aliphatic carbocycles. The number of hydrogen-bond acceptors (Lipinski definition) is 5.